The Kier molecular flexibility index (Phi) is 5.25. The van der Waals surface area contributed by atoms with Crippen LogP contribution in [0.2, 0.25) is 0 Å². The smallest absolute Gasteiger partial charge is 0.0634 e. The van der Waals surface area contributed by atoms with E-state index < -0.39 is 0 Å². The maximum Gasteiger partial charge on any atom is 0.0634 e. The van der Waals surface area contributed by atoms with E-state index in [0.29, 0.717) is 0 Å². The number of halogens is 1. The molecule has 7 heavy (non-hydrogen) atoms. The fourth-order valence-corrected chi connectivity index (χ4v) is 0.677. The zero-order valence-corrected chi connectivity index (χ0v) is 6.60. The maximum atomic E-state index is 5.46. The van der Waals surface area contributed by atoms with E-state index in [1.165, 1.54) is 0 Å². The first-order valence-corrected chi connectivity index (χ1v) is 3.51. The third kappa shape index (κ3) is 4.50. The van der Waals surface area contributed by atoms with Crippen molar-refractivity contribution < 1.29 is 0 Å². The highest BCUT2D eigenvalue weighted by Crippen LogP contribution is 1.89. The highest BCUT2D eigenvalue weighted by Gasteiger charge is 1.92. The Morgan fingerprint density at radius 1 is 1.86 bits per heavy atom. The van der Waals surface area contributed by atoms with Gasteiger partial charge in [-0.25, -0.2) is 3.53 Å². The Morgan fingerprint density at radius 2 is 2.43 bits per heavy atom. The summed E-state index contributed by atoms with van der Waals surface area (Å²) in [6.45, 7) is 2.12. The van der Waals surface area contributed by atoms with Gasteiger partial charge in [0.15, 0.2) is 0 Å². The first-order valence-electron chi connectivity index (χ1n) is 2.43. The monoisotopic (exact) mass is 214 g/mol. The van der Waals surface area contributed by atoms with Crippen molar-refractivity contribution in [2.75, 3.05) is 0 Å². The maximum absolute atomic E-state index is 5.46. The van der Waals surface area contributed by atoms with E-state index in [1.807, 2.05) is 0 Å². The van der Waals surface area contributed by atoms with Crippen molar-refractivity contribution >= 4 is 22.9 Å². The second-order valence-corrected chi connectivity index (χ2v) is 2.13. The third-order valence-electron chi connectivity index (χ3n) is 0.740. The van der Waals surface area contributed by atoms with E-state index in [2.05, 4.69) is 33.3 Å². The predicted molar refractivity (Wildman–Crippen MR) is 40.0 cm³/mol. The molecule has 0 saturated heterocycles. The number of hydrogen-bond donors (Lipinski definition) is 2. The summed E-state index contributed by atoms with van der Waals surface area (Å²) in [7, 11) is 0. The first kappa shape index (κ1) is 7.65. The summed E-state index contributed by atoms with van der Waals surface area (Å²) in [5, 5.41) is 0. The number of hydrogen-bond acceptors (Lipinski definition) is 2. The van der Waals surface area contributed by atoms with Crippen molar-refractivity contribution in [3.05, 3.63) is 0 Å². The lowest BCUT2D eigenvalue weighted by atomic mass is 10.3. The fourth-order valence-electron chi connectivity index (χ4n) is 0.366. The fraction of sp³-hybridized carbons (Fsp3) is 1.00. The van der Waals surface area contributed by atoms with Gasteiger partial charge in [0.1, 0.15) is 0 Å². The van der Waals surface area contributed by atoms with Crippen molar-refractivity contribution in [2.24, 2.45) is 5.73 Å². The summed E-state index contributed by atoms with van der Waals surface area (Å²) >= 11 is 2.06. The molecule has 0 amide bonds. The Hall–Kier alpha value is 0.650. The minimum Gasteiger partial charge on any atom is -0.315 e. The van der Waals surface area contributed by atoms with Gasteiger partial charge in [-0.2, -0.15) is 0 Å². The first-order chi connectivity index (χ1) is 3.31. The van der Waals surface area contributed by atoms with E-state index in [1.54, 1.807) is 0 Å². The minimum atomic E-state index is 0.186. The number of nitrogens with two attached hydrogens (primary N) is 1. The number of nitrogens with one attached hydrogen (secondary N) is 1. The van der Waals surface area contributed by atoms with Gasteiger partial charge in [0.2, 0.25) is 0 Å². The lowest BCUT2D eigenvalue weighted by molar-refractivity contribution is 0.605. The van der Waals surface area contributed by atoms with Crippen LogP contribution in [0.15, 0.2) is 0 Å². The van der Waals surface area contributed by atoms with E-state index in [9.17, 15) is 0 Å². The van der Waals surface area contributed by atoms with Crippen LogP contribution >= 0.6 is 22.9 Å². The summed E-state index contributed by atoms with van der Waals surface area (Å²) in [5.74, 6) is 0. The average molecular weight is 214 g/mol. The van der Waals surface area contributed by atoms with Gasteiger partial charge in [0.25, 0.3) is 0 Å². The van der Waals surface area contributed by atoms with Crippen molar-refractivity contribution in [3.8, 4) is 0 Å². The van der Waals surface area contributed by atoms with Crippen molar-refractivity contribution in [1.29, 1.82) is 0 Å². The standard InChI is InChI=1S/C4H11IN2/c1-2-3-4(6)7-5/h4,7H,2-3,6H2,1H3. The summed E-state index contributed by atoms with van der Waals surface area (Å²) in [5.41, 5.74) is 5.46. The molecular weight excluding hydrogens is 203 g/mol. The van der Waals surface area contributed by atoms with Gasteiger partial charge in [0.05, 0.1) is 6.17 Å². The molecule has 2 nitrogen and oxygen atoms in total. The molecule has 0 bridgehead atoms. The Bertz CT molecular complexity index is 40.7. The molecule has 1 unspecified atom stereocenters. The second kappa shape index (κ2) is 4.80. The summed E-state index contributed by atoms with van der Waals surface area (Å²) < 4.78 is 2.91. The average Bonchev–Trinajstić information content (AvgIpc) is 1.68. The normalized spacial score (nSPS) is 14.1. The van der Waals surface area contributed by atoms with Gasteiger partial charge < -0.3 is 5.73 Å². The van der Waals surface area contributed by atoms with Crippen LogP contribution in [-0.2, 0) is 0 Å². The molecule has 0 saturated carbocycles. The van der Waals surface area contributed by atoms with Crippen LogP contribution < -0.4 is 9.26 Å². The molecule has 0 aliphatic rings. The van der Waals surface area contributed by atoms with E-state index in [0.717, 1.165) is 12.8 Å². The molecule has 3 heteroatoms. The zero-order valence-electron chi connectivity index (χ0n) is 4.45. The third-order valence-corrected chi connectivity index (χ3v) is 1.54. The molecule has 44 valence electrons. The molecule has 1 atom stereocenters. The molecule has 0 heterocycles. The van der Waals surface area contributed by atoms with Crippen LogP contribution in [0.1, 0.15) is 19.8 Å². The second-order valence-electron chi connectivity index (χ2n) is 1.50. The molecule has 0 spiro atoms. The molecule has 0 radical (unpaired) electrons. The minimum absolute atomic E-state index is 0.186. The molecule has 3 N–H and O–H groups in total. The Balaban J connectivity index is 2.83. The molecule has 0 aliphatic carbocycles. The predicted octanol–water partition coefficient (Wildman–Crippen LogP) is 1.01. The zero-order chi connectivity index (χ0) is 5.70. The highest BCUT2D eigenvalue weighted by molar-refractivity contribution is 14.1. The van der Waals surface area contributed by atoms with Crippen LogP contribution in [0.4, 0.5) is 0 Å². The van der Waals surface area contributed by atoms with Crippen molar-refractivity contribution in [1.82, 2.24) is 3.53 Å². The van der Waals surface area contributed by atoms with E-state index in [4.69, 9.17) is 5.73 Å². The molecule has 0 rings (SSSR count). The quantitative estimate of drug-likeness (QED) is 0.418. The van der Waals surface area contributed by atoms with Gasteiger partial charge in [-0.3, -0.25) is 0 Å². The van der Waals surface area contributed by atoms with Gasteiger partial charge in [-0.15, -0.1) is 0 Å². The summed E-state index contributed by atoms with van der Waals surface area (Å²) in [6.07, 6.45) is 2.39. The van der Waals surface area contributed by atoms with Gasteiger partial charge in [-0.05, 0) is 6.42 Å². The van der Waals surface area contributed by atoms with Crippen LogP contribution in [0.25, 0.3) is 0 Å². The van der Waals surface area contributed by atoms with Crippen molar-refractivity contribution in [3.63, 3.8) is 0 Å². The van der Waals surface area contributed by atoms with Crippen LogP contribution in [0, 0.1) is 0 Å². The van der Waals surface area contributed by atoms with Gasteiger partial charge >= 0.3 is 0 Å². The molecule has 0 aliphatic heterocycles. The molecular formula is C4H11IN2. The summed E-state index contributed by atoms with van der Waals surface area (Å²) in [6, 6.07) is 0. The highest BCUT2D eigenvalue weighted by atomic mass is 127. The molecule has 0 aromatic carbocycles. The van der Waals surface area contributed by atoms with Crippen LogP contribution in [0.3, 0.4) is 0 Å². The van der Waals surface area contributed by atoms with Crippen LogP contribution in [0.5, 0.6) is 0 Å². The molecule has 0 aromatic rings. The van der Waals surface area contributed by atoms with E-state index in [-0.39, 0.29) is 6.17 Å². The largest absolute Gasteiger partial charge is 0.315 e. The lowest BCUT2D eigenvalue weighted by Crippen LogP contribution is -2.29. The Morgan fingerprint density at radius 3 is 2.57 bits per heavy atom. The summed E-state index contributed by atoms with van der Waals surface area (Å²) in [4.78, 5) is 0. The van der Waals surface area contributed by atoms with E-state index >= 15 is 0 Å². The SMILES string of the molecule is CCCC(N)NI. The lowest BCUT2D eigenvalue weighted by Gasteiger charge is -2.03. The molecule has 0 fully saturated rings. The Labute approximate surface area is 58.3 Å². The molecule has 0 aromatic heterocycles. The number of rotatable bonds is 3. The van der Waals surface area contributed by atoms with Crippen molar-refractivity contribution in [2.45, 2.75) is 25.9 Å². The topological polar surface area (TPSA) is 38.0 Å². The van der Waals surface area contributed by atoms with Crippen LogP contribution in [-0.4, -0.2) is 6.17 Å². The van der Waals surface area contributed by atoms with Gasteiger partial charge in [0, 0.05) is 22.9 Å². The van der Waals surface area contributed by atoms with Gasteiger partial charge in [-0.1, -0.05) is 13.3 Å².